The molecule has 0 saturated heterocycles. The number of hydrogen-bond donors (Lipinski definition) is 0. The van der Waals surface area contributed by atoms with Crippen molar-refractivity contribution < 1.29 is 0 Å². The molecule has 0 atom stereocenters. The molecule has 0 amide bonds. The summed E-state index contributed by atoms with van der Waals surface area (Å²) in [6, 6.07) is 0. The second-order valence-electron chi connectivity index (χ2n) is 2.51. The van der Waals surface area contributed by atoms with Crippen LogP contribution >= 0.6 is 12.2 Å². The molecule has 0 radical (unpaired) electrons. The van der Waals surface area contributed by atoms with E-state index in [4.69, 9.17) is 12.2 Å². The van der Waals surface area contributed by atoms with Crippen LogP contribution in [0.1, 0.15) is 12.8 Å². The van der Waals surface area contributed by atoms with Crippen molar-refractivity contribution in [1.29, 1.82) is 0 Å². The Kier molecular flexibility index (Phi) is 2.40. The minimum atomic E-state index is 1.00. The number of allylic oxidation sites excluding steroid dienone is 1. The zero-order valence-electron chi connectivity index (χ0n) is 6.37. The molecule has 3 heteroatoms. The molecular weight excluding hydrogens is 144 g/mol. The molecular formula is C7H12N2S. The van der Waals surface area contributed by atoms with Gasteiger partial charge < -0.3 is 0 Å². The molecule has 0 aromatic heterocycles. The van der Waals surface area contributed by atoms with Crippen LogP contribution in [0.4, 0.5) is 0 Å². The minimum absolute atomic E-state index is 1.00. The van der Waals surface area contributed by atoms with Gasteiger partial charge in [-0.2, -0.15) is 0 Å². The van der Waals surface area contributed by atoms with Crippen LogP contribution in [-0.2, 0) is 0 Å². The van der Waals surface area contributed by atoms with E-state index >= 15 is 0 Å². The van der Waals surface area contributed by atoms with Gasteiger partial charge in [0.2, 0.25) is 0 Å². The quantitative estimate of drug-likeness (QED) is 0.530. The molecule has 1 rings (SSSR count). The van der Waals surface area contributed by atoms with E-state index in [1.54, 1.807) is 0 Å². The predicted molar refractivity (Wildman–Crippen MR) is 46.5 cm³/mol. The van der Waals surface area contributed by atoms with Crippen LogP contribution in [0.2, 0.25) is 0 Å². The highest BCUT2D eigenvalue weighted by atomic mass is 32.1. The summed E-state index contributed by atoms with van der Waals surface area (Å²) in [6.45, 7) is 0. The first-order valence-electron chi connectivity index (χ1n) is 3.38. The molecule has 0 aromatic carbocycles. The lowest BCUT2D eigenvalue weighted by Crippen LogP contribution is -2.37. The van der Waals surface area contributed by atoms with Crippen molar-refractivity contribution in [3.8, 4) is 0 Å². The lowest BCUT2D eigenvalue weighted by Gasteiger charge is -2.29. The first kappa shape index (κ1) is 7.69. The fourth-order valence-corrected chi connectivity index (χ4v) is 1.28. The molecule has 0 spiro atoms. The summed E-state index contributed by atoms with van der Waals surface area (Å²) < 4.78 is 0. The number of nitrogens with zero attached hydrogens (tertiary/aromatic N) is 2. The van der Waals surface area contributed by atoms with Crippen molar-refractivity contribution in [2.45, 2.75) is 12.8 Å². The zero-order chi connectivity index (χ0) is 7.56. The Labute approximate surface area is 67.1 Å². The fraction of sp³-hybridized carbons (Fsp3) is 0.571. The van der Waals surface area contributed by atoms with Gasteiger partial charge in [-0.3, -0.25) is 5.01 Å². The molecule has 10 heavy (non-hydrogen) atoms. The maximum Gasteiger partial charge on any atom is 0.0975 e. The number of thiocarbonyl (C=S) groups is 1. The van der Waals surface area contributed by atoms with Crippen LogP contribution in [0.25, 0.3) is 0 Å². The van der Waals surface area contributed by atoms with Crippen LogP contribution < -0.4 is 0 Å². The van der Waals surface area contributed by atoms with E-state index in [0.717, 1.165) is 17.8 Å². The normalized spacial score (nSPS) is 18.7. The smallest absolute Gasteiger partial charge is 0.0975 e. The van der Waals surface area contributed by atoms with Gasteiger partial charge in [-0.05, 0) is 6.42 Å². The fourth-order valence-electron chi connectivity index (χ4n) is 0.935. The first-order chi connectivity index (χ1) is 4.72. The van der Waals surface area contributed by atoms with Gasteiger partial charge in [-0.1, -0.05) is 18.3 Å². The van der Waals surface area contributed by atoms with Crippen molar-refractivity contribution in [3.05, 3.63) is 12.3 Å². The minimum Gasteiger partial charge on any atom is -0.276 e. The largest absolute Gasteiger partial charge is 0.276 e. The molecule has 0 N–H and O–H groups in total. The molecule has 0 saturated carbocycles. The van der Waals surface area contributed by atoms with Crippen molar-refractivity contribution in [3.63, 3.8) is 0 Å². The van der Waals surface area contributed by atoms with E-state index in [1.807, 2.05) is 30.3 Å². The Morgan fingerprint density at radius 3 is 2.70 bits per heavy atom. The standard InChI is InChI=1S/C7H12N2S/c1-8(2)9-6-4-3-5-7(9)10/h4,6H,3,5H2,1-2H3. The van der Waals surface area contributed by atoms with Crippen LogP contribution in [-0.4, -0.2) is 29.1 Å². The summed E-state index contributed by atoms with van der Waals surface area (Å²) in [7, 11) is 3.98. The van der Waals surface area contributed by atoms with Gasteiger partial charge in [-0.25, -0.2) is 5.01 Å². The summed E-state index contributed by atoms with van der Waals surface area (Å²) in [5, 5.41) is 3.97. The predicted octanol–water partition coefficient (Wildman–Crippen LogP) is 1.40. The average molecular weight is 156 g/mol. The summed E-state index contributed by atoms with van der Waals surface area (Å²) in [5.41, 5.74) is 0. The van der Waals surface area contributed by atoms with Crippen LogP contribution in [0.3, 0.4) is 0 Å². The van der Waals surface area contributed by atoms with Crippen LogP contribution in [0.5, 0.6) is 0 Å². The second-order valence-corrected chi connectivity index (χ2v) is 2.98. The van der Waals surface area contributed by atoms with Gasteiger partial charge in [-0.15, -0.1) is 0 Å². The second kappa shape index (κ2) is 3.12. The summed E-state index contributed by atoms with van der Waals surface area (Å²) in [4.78, 5) is 1.01. The third-order valence-electron chi connectivity index (χ3n) is 1.46. The van der Waals surface area contributed by atoms with Gasteiger partial charge >= 0.3 is 0 Å². The van der Waals surface area contributed by atoms with Crippen molar-refractivity contribution >= 4 is 17.2 Å². The molecule has 1 aliphatic heterocycles. The summed E-state index contributed by atoms with van der Waals surface area (Å²) in [5.74, 6) is 0. The Bertz CT molecular complexity index is 163. The lowest BCUT2D eigenvalue weighted by atomic mass is 10.2. The first-order valence-corrected chi connectivity index (χ1v) is 3.78. The molecule has 0 bridgehead atoms. The van der Waals surface area contributed by atoms with Gasteiger partial charge in [0.1, 0.15) is 0 Å². The third-order valence-corrected chi connectivity index (χ3v) is 1.85. The molecule has 0 aromatic rings. The highest BCUT2D eigenvalue weighted by Crippen LogP contribution is 2.09. The number of hydrogen-bond acceptors (Lipinski definition) is 2. The molecule has 0 unspecified atom stereocenters. The third kappa shape index (κ3) is 1.55. The molecule has 0 fully saturated rings. The maximum absolute atomic E-state index is 5.14. The van der Waals surface area contributed by atoms with Gasteiger partial charge in [0.15, 0.2) is 0 Å². The van der Waals surface area contributed by atoms with Crippen molar-refractivity contribution in [2.24, 2.45) is 0 Å². The summed E-state index contributed by atoms with van der Waals surface area (Å²) in [6.07, 6.45) is 6.24. The lowest BCUT2D eigenvalue weighted by molar-refractivity contribution is 0.168. The van der Waals surface area contributed by atoms with Crippen LogP contribution in [0.15, 0.2) is 12.3 Å². The molecule has 0 aliphatic carbocycles. The van der Waals surface area contributed by atoms with Crippen LogP contribution in [0, 0.1) is 0 Å². The zero-order valence-corrected chi connectivity index (χ0v) is 7.19. The molecule has 1 aliphatic rings. The monoisotopic (exact) mass is 156 g/mol. The maximum atomic E-state index is 5.14. The van der Waals surface area contributed by atoms with Crippen molar-refractivity contribution in [1.82, 2.24) is 10.0 Å². The van der Waals surface area contributed by atoms with E-state index in [0.29, 0.717) is 0 Å². The van der Waals surface area contributed by atoms with Gasteiger partial charge in [0.05, 0.1) is 4.99 Å². The Morgan fingerprint density at radius 2 is 2.30 bits per heavy atom. The topological polar surface area (TPSA) is 6.48 Å². The van der Waals surface area contributed by atoms with Crippen molar-refractivity contribution in [2.75, 3.05) is 14.1 Å². The molecule has 2 nitrogen and oxygen atoms in total. The Morgan fingerprint density at radius 1 is 1.60 bits per heavy atom. The Hall–Kier alpha value is -0.410. The summed E-state index contributed by atoms with van der Waals surface area (Å²) >= 11 is 5.14. The molecule has 1 heterocycles. The average Bonchev–Trinajstić information content (AvgIpc) is 1.88. The van der Waals surface area contributed by atoms with E-state index in [2.05, 4.69) is 6.08 Å². The van der Waals surface area contributed by atoms with Gasteiger partial charge in [0, 0.05) is 26.7 Å². The van der Waals surface area contributed by atoms with E-state index in [-0.39, 0.29) is 0 Å². The molecule has 56 valence electrons. The number of rotatable bonds is 1. The van der Waals surface area contributed by atoms with Gasteiger partial charge in [0.25, 0.3) is 0 Å². The Balaban J connectivity index is 2.64. The number of hydrazine groups is 1. The van der Waals surface area contributed by atoms with E-state index < -0.39 is 0 Å². The highest BCUT2D eigenvalue weighted by molar-refractivity contribution is 7.80. The van der Waals surface area contributed by atoms with E-state index in [9.17, 15) is 0 Å². The highest BCUT2D eigenvalue weighted by Gasteiger charge is 2.10. The SMILES string of the molecule is CN(C)N1C=CCCC1=S. The van der Waals surface area contributed by atoms with E-state index in [1.165, 1.54) is 0 Å².